The maximum atomic E-state index is 5.40. The Morgan fingerprint density at radius 2 is 2.08 bits per heavy atom. The van der Waals surface area contributed by atoms with Crippen LogP contribution in [0.1, 0.15) is 0 Å². The van der Waals surface area contributed by atoms with Gasteiger partial charge in [0.05, 0.1) is 0 Å². The van der Waals surface area contributed by atoms with E-state index in [0.717, 1.165) is 0 Å². The summed E-state index contributed by atoms with van der Waals surface area (Å²) in [5.74, 6) is 1.30. The molecule has 0 radical (unpaired) electrons. The molecule has 3 rings (SSSR count). The molecule has 1 aliphatic heterocycles. The Labute approximate surface area is 73.2 Å². The zero-order chi connectivity index (χ0) is 8.67. The predicted octanol–water partition coefficient (Wildman–Crippen LogP) is 0.994. The van der Waals surface area contributed by atoms with E-state index in [4.69, 9.17) is 14.0 Å². The van der Waals surface area contributed by atoms with Gasteiger partial charge in [0, 0.05) is 5.27 Å². The van der Waals surface area contributed by atoms with Crippen molar-refractivity contribution >= 4 is 11.1 Å². The molecule has 0 saturated heterocycles. The number of hydrogen-bond donors (Lipinski definition) is 0. The smallest absolute Gasteiger partial charge is 0.233 e. The molecule has 0 fully saturated rings. The average Bonchev–Trinajstić information content (AvgIpc) is 2.65. The summed E-state index contributed by atoms with van der Waals surface area (Å²) in [4.78, 5) is 0. The van der Waals surface area contributed by atoms with Crippen LogP contribution in [-0.4, -0.2) is 23.6 Å². The van der Waals surface area contributed by atoms with Crippen molar-refractivity contribution in [2.75, 3.05) is 13.2 Å². The second-order valence-electron chi connectivity index (χ2n) is 2.71. The van der Waals surface area contributed by atoms with Gasteiger partial charge in [0.15, 0.2) is 5.75 Å². The summed E-state index contributed by atoms with van der Waals surface area (Å²) in [5, 5.41) is 7.22. The molecule has 0 bridgehead atoms. The molecule has 0 spiro atoms. The Bertz CT molecular complexity index is 452. The third kappa shape index (κ3) is 0.867. The number of rotatable bonds is 0. The Morgan fingerprint density at radius 1 is 1.15 bits per heavy atom. The molecule has 0 N–H and O–H groups in total. The largest absolute Gasteiger partial charge is 0.486 e. The summed E-state index contributed by atoms with van der Waals surface area (Å²) in [6.07, 6.45) is 0. The highest BCUT2D eigenvalue weighted by molar-refractivity contribution is 5.81. The average molecular weight is 178 g/mol. The van der Waals surface area contributed by atoms with Gasteiger partial charge in [0.25, 0.3) is 0 Å². The first-order chi connectivity index (χ1) is 6.45. The molecular weight excluding hydrogens is 172 g/mol. The van der Waals surface area contributed by atoms with E-state index in [2.05, 4.69) is 10.4 Å². The first-order valence-corrected chi connectivity index (χ1v) is 3.96. The molecule has 13 heavy (non-hydrogen) atoms. The van der Waals surface area contributed by atoms with Crippen LogP contribution in [0, 0.1) is 0 Å². The highest BCUT2D eigenvalue weighted by Crippen LogP contribution is 2.36. The maximum Gasteiger partial charge on any atom is 0.233 e. The molecule has 1 aliphatic rings. The first kappa shape index (κ1) is 6.71. The van der Waals surface area contributed by atoms with Crippen LogP contribution in [0.2, 0.25) is 0 Å². The standard InChI is InChI=1S/C8H6N2O3/c1-2-6-8(12-4-3-11-6)7-5(1)9-10-13-7/h1-2H,3-4H2. The molecule has 1 aromatic heterocycles. The summed E-state index contributed by atoms with van der Waals surface area (Å²) in [5.41, 5.74) is 1.24. The quantitative estimate of drug-likeness (QED) is 0.602. The molecule has 2 aromatic rings. The minimum Gasteiger partial charge on any atom is -0.486 e. The molecule has 0 saturated carbocycles. The van der Waals surface area contributed by atoms with Gasteiger partial charge in [0.2, 0.25) is 11.3 Å². The van der Waals surface area contributed by atoms with Crippen LogP contribution < -0.4 is 9.47 Å². The van der Waals surface area contributed by atoms with Gasteiger partial charge < -0.3 is 14.0 Å². The number of aromatic nitrogens is 2. The second-order valence-corrected chi connectivity index (χ2v) is 2.71. The van der Waals surface area contributed by atoms with Crippen LogP contribution in [0.15, 0.2) is 16.7 Å². The molecule has 0 atom stereocenters. The number of benzene rings is 1. The van der Waals surface area contributed by atoms with E-state index < -0.39 is 0 Å². The van der Waals surface area contributed by atoms with Crippen molar-refractivity contribution in [1.29, 1.82) is 0 Å². The van der Waals surface area contributed by atoms with Gasteiger partial charge in [-0.25, -0.2) is 0 Å². The third-order valence-electron chi connectivity index (χ3n) is 1.92. The zero-order valence-electron chi connectivity index (χ0n) is 6.69. The van der Waals surface area contributed by atoms with Gasteiger partial charge in [-0.05, 0) is 12.1 Å². The highest BCUT2D eigenvalue weighted by Gasteiger charge is 2.18. The Kier molecular flexibility index (Phi) is 1.21. The van der Waals surface area contributed by atoms with Gasteiger partial charge >= 0.3 is 0 Å². The molecule has 2 heterocycles. The monoisotopic (exact) mass is 178 g/mol. The molecule has 0 amide bonds. The highest BCUT2D eigenvalue weighted by atomic mass is 16.6. The van der Waals surface area contributed by atoms with Crippen LogP contribution in [-0.2, 0) is 0 Å². The topological polar surface area (TPSA) is 57.4 Å². The van der Waals surface area contributed by atoms with E-state index in [9.17, 15) is 0 Å². The van der Waals surface area contributed by atoms with Gasteiger partial charge in [-0.3, -0.25) is 0 Å². The number of hydrogen-bond acceptors (Lipinski definition) is 5. The van der Waals surface area contributed by atoms with Crippen molar-refractivity contribution in [2.24, 2.45) is 0 Å². The molecular formula is C8H6N2O3. The molecule has 0 aliphatic carbocycles. The van der Waals surface area contributed by atoms with Crippen molar-refractivity contribution in [3.05, 3.63) is 12.1 Å². The summed E-state index contributed by atoms with van der Waals surface area (Å²) in [6.45, 7) is 1.10. The fourth-order valence-electron chi connectivity index (χ4n) is 1.35. The minimum atomic E-state index is 0.535. The number of fused-ring (bicyclic) bond motifs is 3. The van der Waals surface area contributed by atoms with E-state index in [-0.39, 0.29) is 0 Å². The van der Waals surface area contributed by atoms with Crippen LogP contribution in [0.5, 0.6) is 11.5 Å². The van der Waals surface area contributed by atoms with Crippen LogP contribution >= 0.6 is 0 Å². The van der Waals surface area contributed by atoms with Crippen molar-refractivity contribution in [1.82, 2.24) is 10.4 Å². The lowest BCUT2D eigenvalue weighted by molar-refractivity contribution is 0.171. The van der Waals surface area contributed by atoms with Gasteiger partial charge in [-0.2, -0.15) is 0 Å². The van der Waals surface area contributed by atoms with Crippen molar-refractivity contribution in [3.63, 3.8) is 0 Å². The van der Waals surface area contributed by atoms with Gasteiger partial charge in [-0.1, -0.05) is 0 Å². The van der Waals surface area contributed by atoms with E-state index in [1.807, 2.05) is 0 Å². The molecule has 5 heteroatoms. The third-order valence-corrected chi connectivity index (χ3v) is 1.92. The van der Waals surface area contributed by atoms with E-state index in [1.54, 1.807) is 12.1 Å². The molecule has 0 unspecified atom stereocenters. The summed E-state index contributed by atoms with van der Waals surface area (Å²) in [7, 11) is 0. The van der Waals surface area contributed by atoms with Crippen molar-refractivity contribution in [2.45, 2.75) is 0 Å². The van der Waals surface area contributed by atoms with E-state index in [1.165, 1.54) is 0 Å². The summed E-state index contributed by atoms with van der Waals surface area (Å²) < 4.78 is 15.7. The Morgan fingerprint density at radius 3 is 3.08 bits per heavy atom. The normalized spacial score (nSPS) is 14.8. The Hall–Kier alpha value is -1.78. The summed E-state index contributed by atoms with van der Waals surface area (Å²) >= 11 is 0. The number of ether oxygens (including phenoxy) is 2. The Balaban J connectivity index is 2.34. The van der Waals surface area contributed by atoms with E-state index >= 15 is 0 Å². The van der Waals surface area contributed by atoms with Gasteiger partial charge in [-0.15, -0.1) is 5.10 Å². The van der Waals surface area contributed by atoms with Crippen LogP contribution in [0.25, 0.3) is 11.1 Å². The number of nitrogens with zero attached hydrogens (tertiary/aromatic N) is 2. The lowest BCUT2D eigenvalue weighted by Crippen LogP contribution is -2.15. The lowest BCUT2D eigenvalue weighted by atomic mass is 10.2. The second kappa shape index (κ2) is 2.35. The molecule has 5 nitrogen and oxygen atoms in total. The van der Waals surface area contributed by atoms with Crippen molar-refractivity contribution in [3.8, 4) is 11.5 Å². The molecule has 1 aromatic carbocycles. The predicted molar refractivity (Wildman–Crippen MR) is 42.8 cm³/mol. The van der Waals surface area contributed by atoms with Crippen molar-refractivity contribution < 1.29 is 14.0 Å². The first-order valence-electron chi connectivity index (χ1n) is 3.96. The minimum absolute atomic E-state index is 0.535. The van der Waals surface area contributed by atoms with Crippen LogP contribution in [0.3, 0.4) is 0 Å². The fraction of sp³-hybridized carbons (Fsp3) is 0.250. The summed E-state index contributed by atoms with van der Waals surface area (Å²) in [6, 6.07) is 3.60. The van der Waals surface area contributed by atoms with E-state index in [0.29, 0.717) is 35.8 Å². The van der Waals surface area contributed by atoms with Crippen LogP contribution in [0.4, 0.5) is 0 Å². The van der Waals surface area contributed by atoms with Gasteiger partial charge in [0.1, 0.15) is 18.7 Å². The fourth-order valence-corrected chi connectivity index (χ4v) is 1.35. The molecule has 66 valence electrons. The maximum absolute atomic E-state index is 5.40. The zero-order valence-corrected chi connectivity index (χ0v) is 6.69. The lowest BCUT2D eigenvalue weighted by Gasteiger charge is -2.16. The SMILES string of the molecule is c1cc2nnoc2c2c1OCCO2.